The molecule has 0 fully saturated rings. The van der Waals surface area contributed by atoms with Gasteiger partial charge in [0.25, 0.3) is 0 Å². The Morgan fingerprint density at radius 1 is 1.15 bits per heavy atom. The summed E-state index contributed by atoms with van der Waals surface area (Å²) in [5, 5.41) is 0. The Hall–Kier alpha value is -1.41. The van der Waals surface area contributed by atoms with Crippen LogP contribution in [-0.2, 0) is 15.1 Å². The monoisotopic (exact) mass is 305 g/mol. The predicted molar refractivity (Wildman–Crippen MR) is 80.2 cm³/mol. The summed E-state index contributed by atoms with van der Waals surface area (Å²) in [4.78, 5) is 0. The molecular formula is C13H23NO5S. The minimum Gasteiger partial charge on any atom is -0.501 e. The molecule has 0 aromatic heterocycles. The van der Waals surface area contributed by atoms with Gasteiger partial charge in [-0.05, 0) is 18.1 Å². The minimum atomic E-state index is -4.67. The van der Waals surface area contributed by atoms with Crippen molar-refractivity contribution in [1.29, 1.82) is 0 Å². The van der Waals surface area contributed by atoms with Gasteiger partial charge in [0.05, 0.1) is 12.9 Å². The second-order valence-corrected chi connectivity index (χ2v) is 4.63. The molecule has 1 rings (SSSR count). The standard InChI is InChI=1S/C13H18O.H3N.H2O4S/c1-2-3-7-11-14-12-10-13-8-5-4-6-9-13;;1-5(2,3)4/h4-6,8-10,12H,2-3,7,11H2,1H3;1H3;(H2,1,2,3,4). The van der Waals surface area contributed by atoms with Crippen molar-refractivity contribution in [2.75, 3.05) is 6.61 Å². The summed E-state index contributed by atoms with van der Waals surface area (Å²) in [5.41, 5.74) is 1.18. The molecule has 0 atom stereocenters. The third-order valence-electron chi connectivity index (χ3n) is 2.02. The first-order valence-electron chi connectivity index (χ1n) is 5.96. The fourth-order valence-corrected chi connectivity index (χ4v) is 1.19. The van der Waals surface area contributed by atoms with Crippen molar-refractivity contribution in [2.45, 2.75) is 26.2 Å². The molecule has 0 heterocycles. The smallest absolute Gasteiger partial charge is 0.394 e. The lowest BCUT2D eigenvalue weighted by molar-refractivity contribution is 0.244. The van der Waals surface area contributed by atoms with Gasteiger partial charge in [-0.1, -0.05) is 50.1 Å². The summed E-state index contributed by atoms with van der Waals surface area (Å²) in [6.07, 6.45) is 7.41. The summed E-state index contributed by atoms with van der Waals surface area (Å²) in [5.74, 6) is 0. The van der Waals surface area contributed by atoms with Gasteiger partial charge >= 0.3 is 10.4 Å². The summed E-state index contributed by atoms with van der Waals surface area (Å²) in [6, 6.07) is 10.2. The Bertz CT molecular complexity index is 437. The summed E-state index contributed by atoms with van der Waals surface area (Å²) in [7, 11) is -4.67. The summed E-state index contributed by atoms with van der Waals surface area (Å²) in [6.45, 7) is 3.02. The van der Waals surface area contributed by atoms with Crippen LogP contribution < -0.4 is 6.15 Å². The first kappa shape index (κ1) is 20.9. The third kappa shape index (κ3) is 18.9. The Morgan fingerprint density at radius 3 is 2.20 bits per heavy atom. The van der Waals surface area contributed by atoms with E-state index in [0.717, 1.165) is 13.0 Å². The molecule has 0 saturated heterocycles. The molecule has 0 unspecified atom stereocenters. The first-order chi connectivity index (χ1) is 8.93. The quantitative estimate of drug-likeness (QED) is 0.421. The van der Waals surface area contributed by atoms with Crippen molar-refractivity contribution in [1.82, 2.24) is 6.15 Å². The van der Waals surface area contributed by atoms with Gasteiger partial charge in [0.15, 0.2) is 0 Å². The van der Waals surface area contributed by atoms with E-state index in [2.05, 4.69) is 19.1 Å². The van der Waals surface area contributed by atoms with Crippen molar-refractivity contribution in [3.05, 3.63) is 42.2 Å². The van der Waals surface area contributed by atoms with Crippen LogP contribution in [0.5, 0.6) is 0 Å². The second-order valence-electron chi connectivity index (χ2n) is 3.74. The highest BCUT2D eigenvalue weighted by molar-refractivity contribution is 7.79. The largest absolute Gasteiger partial charge is 0.501 e. The molecule has 1 aromatic carbocycles. The Morgan fingerprint density at radius 2 is 1.70 bits per heavy atom. The number of hydrogen-bond donors (Lipinski definition) is 3. The van der Waals surface area contributed by atoms with Crippen molar-refractivity contribution >= 4 is 16.5 Å². The fourth-order valence-electron chi connectivity index (χ4n) is 1.19. The average molecular weight is 305 g/mol. The number of hydrogen-bond acceptors (Lipinski definition) is 4. The molecule has 1 aromatic rings. The molecule has 0 aliphatic heterocycles. The molecule has 20 heavy (non-hydrogen) atoms. The minimum absolute atomic E-state index is 0. The molecule has 116 valence electrons. The highest BCUT2D eigenvalue weighted by Crippen LogP contribution is 2.01. The summed E-state index contributed by atoms with van der Waals surface area (Å²) < 4.78 is 36.9. The van der Waals surface area contributed by atoms with Crippen molar-refractivity contribution < 1.29 is 22.3 Å². The molecule has 0 spiro atoms. The first-order valence-corrected chi connectivity index (χ1v) is 7.36. The average Bonchev–Trinajstić information content (AvgIpc) is 2.33. The third-order valence-corrected chi connectivity index (χ3v) is 2.02. The number of ether oxygens (including phenoxy) is 1. The van der Waals surface area contributed by atoms with Crippen molar-refractivity contribution in [2.24, 2.45) is 0 Å². The lowest BCUT2D eigenvalue weighted by Gasteiger charge is -1.98. The maximum absolute atomic E-state index is 8.74. The van der Waals surface area contributed by atoms with Crippen LogP contribution in [0.15, 0.2) is 36.6 Å². The maximum Gasteiger partial charge on any atom is 0.394 e. The van der Waals surface area contributed by atoms with Crippen LogP contribution >= 0.6 is 0 Å². The molecular weight excluding hydrogens is 282 g/mol. The van der Waals surface area contributed by atoms with Gasteiger partial charge in [-0.15, -0.1) is 0 Å². The van der Waals surface area contributed by atoms with Crippen molar-refractivity contribution in [3.8, 4) is 0 Å². The van der Waals surface area contributed by atoms with Gasteiger partial charge < -0.3 is 10.9 Å². The van der Waals surface area contributed by atoms with E-state index in [-0.39, 0.29) is 6.15 Å². The molecule has 5 N–H and O–H groups in total. The maximum atomic E-state index is 8.74. The van der Waals surface area contributed by atoms with Crippen LogP contribution in [0, 0.1) is 0 Å². The van der Waals surface area contributed by atoms with Gasteiger partial charge in [0.1, 0.15) is 0 Å². The van der Waals surface area contributed by atoms with E-state index < -0.39 is 10.4 Å². The zero-order valence-corrected chi connectivity index (χ0v) is 12.4. The number of rotatable bonds is 6. The van der Waals surface area contributed by atoms with Crippen LogP contribution in [0.2, 0.25) is 0 Å². The van der Waals surface area contributed by atoms with Crippen LogP contribution in [0.3, 0.4) is 0 Å². The van der Waals surface area contributed by atoms with Gasteiger partial charge in [-0.3, -0.25) is 9.11 Å². The Kier molecular flexibility index (Phi) is 13.2. The normalized spacial score (nSPS) is 10.3. The van der Waals surface area contributed by atoms with Crippen molar-refractivity contribution in [3.63, 3.8) is 0 Å². The van der Waals surface area contributed by atoms with Crippen LogP contribution in [0.25, 0.3) is 6.08 Å². The highest BCUT2D eigenvalue weighted by Gasteiger charge is 1.85. The topological polar surface area (TPSA) is 119 Å². The van der Waals surface area contributed by atoms with Gasteiger partial charge in [0, 0.05) is 0 Å². The van der Waals surface area contributed by atoms with Gasteiger partial charge in [-0.25, -0.2) is 0 Å². The Labute approximate surface area is 120 Å². The molecule has 0 bridgehead atoms. The lowest BCUT2D eigenvalue weighted by Crippen LogP contribution is -1.89. The second kappa shape index (κ2) is 12.6. The van der Waals surface area contributed by atoms with E-state index in [1.165, 1.54) is 18.4 Å². The SMILES string of the molecule is CCCCCOC=Cc1ccccc1.N.O=S(=O)(O)O. The number of unbranched alkanes of at least 4 members (excludes halogenated alkanes) is 2. The molecule has 0 aliphatic rings. The van der Waals surface area contributed by atoms with E-state index in [4.69, 9.17) is 22.3 Å². The summed E-state index contributed by atoms with van der Waals surface area (Å²) >= 11 is 0. The zero-order valence-electron chi connectivity index (χ0n) is 11.6. The van der Waals surface area contributed by atoms with Crippen LogP contribution in [0.4, 0.5) is 0 Å². The molecule has 0 saturated carbocycles. The predicted octanol–water partition coefficient (Wildman–Crippen LogP) is 3.37. The molecule has 0 amide bonds. The van der Waals surface area contributed by atoms with Gasteiger partial charge in [-0.2, -0.15) is 8.42 Å². The van der Waals surface area contributed by atoms with Crippen LogP contribution in [-0.4, -0.2) is 24.1 Å². The van der Waals surface area contributed by atoms with Crippen LogP contribution in [0.1, 0.15) is 31.7 Å². The van der Waals surface area contributed by atoms with E-state index in [1.807, 2.05) is 24.3 Å². The number of benzene rings is 1. The van der Waals surface area contributed by atoms with E-state index in [1.54, 1.807) is 6.26 Å². The molecule has 7 heteroatoms. The van der Waals surface area contributed by atoms with E-state index in [0.29, 0.717) is 0 Å². The zero-order chi connectivity index (χ0) is 14.6. The van der Waals surface area contributed by atoms with E-state index in [9.17, 15) is 0 Å². The molecule has 0 radical (unpaired) electrons. The Balaban J connectivity index is 0. The fraction of sp³-hybridized carbons (Fsp3) is 0.385. The van der Waals surface area contributed by atoms with Gasteiger partial charge in [0.2, 0.25) is 0 Å². The molecule has 0 aliphatic carbocycles. The highest BCUT2D eigenvalue weighted by atomic mass is 32.3. The lowest BCUT2D eigenvalue weighted by atomic mass is 10.2. The molecule has 6 nitrogen and oxygen atoms in total. The van der Waals surface area contributed by atoms with E-state index >= 15 is 0 Å².